The van der Waals surface area contributed by atoms with E-state index in [-0.39, 0.29) is 23.4 Å². The maximum absolute atomic E-state index is 12.9. The van der Waals surface area contributed by atoms with E-state index in [9.17, 15) is 27.9 Å². The lowest BCUT2D eigenvalue weighted by Crippen LogP contribution is -2.39. The van der Waals surface area contributed by atoms with Crippen LogP contribution in [-0.4, -0.2) is 27.7 Å². The number of aromatic nitrogens is 1. The molecule has 2 N–H and O–H groups in total. The Balaban J connectivity index is 1.84. The van der Waals surface area contributed by atoms with Crippen LogP contribution in [0.4, 0.5) is 13.2 Å². The lowest BCUT2D eigenvalue weighted by atomic mass is 9.93. The van der Waals surface area contributed by atoms with Gasteiger partial charge in [-0.05, 0) is 49.9 Å². The molecule has 0 radical (unpaired) electrons. The fraction of sp³-hybridized carbons (Fsp3) is 0.368. The Morgan fingerprint density at radius 2 is 1.81 bits per heavy atom. The first-order chi connectivity index (χ1) is 12.7. The van der Waals surface area contributed by atoms with Crippen molar-refractivity contribution in [3.05, 3.63) is 64.1 Å². The van der Waals surface area contributed by atoms with Crippen molar-refractivity contribution in [1.29, 1.82) is 0 Å². The van der Waals surface area contributed by atoms with Crippen molar-refractivity contribution in [1.82, 2.24) is 9.88 Å². The molecule has 0 aliphatic heterocycles. The predicted molar refractivity (Wildman–Crippen MR) is 92.8 cm³/mol. The highest BCUT2D eigenvalue weighted by Crippen LogP contribution is 2.30. The minimum absolute atomic E-state index is 0.0327. The summed E-state index contributed by atoms with van der Waals surface area (Å²) < 4.78 is 39.8. The highest BCUT2D eigenvalue weighted by molar-refractivity contribution is 5.94. The monoisotopic (exact) mass is 380 g/mol. The molecule has 1 fully saturated rings. The van der Waals surface area contributed by atoms with E-state index in [0.29, 0.717) is 25.7 Å². The zero-order valence-electron chi connectivity index (χ0n) is 14.4. The van der Waals surface area contributed by atoms with Crippen LogP contribution >= 0.6 is 0 Å². The normalized spacial score (nSPS) is 20.3. The molecular formula is C19H19F3N2O3. The van der Waals surface area contributed by atoms with Crippen molar-refractivity contribution >= 4 is 5.91 Å². The first kappa shape index (κ1) is 19.2. The second-order valence-corrected chi connectivity index (χ2v) is 6.65. The summed E-state index contributed by atoms with van der Waals surface area (Å²) in [5.74, 6) is -0.405. The molecule has 0 bridgehead atoms. The van der Waals surface area contributed by atoms with E-state index in [1.165, 1.54) is 24.4 Å². The standard InChI is InChI=1S/C19H19F3N2O3/c20-19(21,22)13-2-1-3-15(10-13)24-11-12(4-9-17(24)26)18(27)23-14-5-7-16(25)8-6-14/h1-4,9-11,14,16,25H,5-8H2,(H,23,27). The highest BCUT2D eigenvalue weighted by atomic mass is 19.4. The van der Waals surface area contributed by atoms with Gasteiger partial charge in [0.15, 0.2) is 0 Å². The number of hydrogen-bond acceptors (Lipinski definition) is 3. The summed E-state index contributed by atoms with van der Waals surface area (Å²) >= 11 is 0. The second kappa shape index (κ2) is 7.56. The molecule has 2 aromatic rings. The van der Waals surface area contributed by atoms with Gasteiger partial charge in [0.05, 0.1) is 17.2 Å². The van der Waals surface area contributed by atoms with E-state index in [4.69, 9.17) is 0 Å². The molecule has 144 valence electrons. The van der Waals surface area contributed by atoms with Crippen LogP contribution in [0, 0.1) is 0 Å². The molecule has 0 unspecified atom stereocenters. The van der Waals surface area contributed by atoms with Crippen molar-refractivity contribution in [2.75, 3.05) is 0 Å². The Hall–Kier alpha value is -2.61. The lowest BCUT2D eigenvalue weighted by Gasteiger charge is -2.26. The molecule has 0 saturated heterocycles. The van der Waals surface area contributed by atoms with Gasteiger partial charge in [-0.3, -0.25) is 14.2 Å². The fourth-order valence-electron chi connectivity index (χ4n) is 3.14. The zero-order chi connectivity index (χ0) is 19.6. The molecule has 27 heavy (non-hydrogen) atoms. The molecule has 1 aromatic carbocycles. The number of alkyl halides is 3. The SMILES string of the molecule is O=C(NC1CCC(O)CC1)c1ccc(=O)n(-c2cccc(C(F)(F)F)c2)c1. The topological polar surface area (TPSA) is 71.3 Å². The molecule has 1 aliphatic carbocycles. The summed E-state index contributed by atoms with van der Waals surface area (Å²) in [5, 5.41) is 12.4. The number of amides is 1. The summed E-state index contributed by atoms with van der Waals surface area (Å²) in [4.78, 5) is 24.6. The average Bonchev–Trinajstić information content (AvgIpc) is 2.63. The molecule has 0 atom stereocenters. The predicted octanol–water partition coefficient (Wildman–Crippen LogP) is 2.89. The molecule has 1 aromatic heterocycles. The van der Waals surface area contributed by atoms with Crippen LogP contribution in [0.2, 0.25) is 0 Å². The third-order valence-corrected chi connectivity index (χ3v) is 4.66. The van der Waals surface area contributed by atoms with Crippen LogP contribution in [0.1, 0.15) is 41.6 Å². The fourth-order valence-corrected chi connectivity index (χ4v) is 3.14. The Morgan fingerprint density at radius 3 is 2.48 bits per heavy atom. The quantitative estimate of drug-likeness (QED) is 0.860. The van der Waals surface area contributed by atoms with Crippen LogP contribution in [0.25, 0.3) is 5.69 Å². The van der Waals surface area contributed by atoms with Gasteiger partial charge < -0.3 is 10.4 Å². The Kier molecular flexibility index (Phi) is 5.36. The highest BCUT2D eigenvalue weighted by Gasteiger charge is 2.30. The van der Waals surface area contributed by atoms with Crippen molar-refractivity contribution in [2.24, 2.45) is 0 Å². The molecule has 1 saturated carbocycles. The van der Waals surface area contributed by atoms with Crippen molar-refractivity contribution in [3.63, 3.8) is 0 Å². The van der Waals surface area contributed by atoms with E-state index in [1.807, 2.05) is 0 Å². The van der Waals surface area contributed by atoms with E-state index in [0.717, 1.165) is 22.8 Å². The maximum atomic E-state index is 12.9. The lowest BCUT2D eigenvalue weighted by molar-refractivity contribution is -0.137. The number of aliphatic hydroxyl groups is 1. The number of nitrogens with zero attached hydrogens (tertiary/aromatic N) is 1. The van der Waals surface area contributed by atoms with Gasteiger partial charge in [0, 0.05) is 24.0 Å². The van der Waals surface area contributed by atoms with Crippen molar-refractivity contribution in [3.8, 4) is 5.69 Å². The third kappa shape index (κ3) is 4.57. The maximum Gasteiger partial charge on any atom is 0.416 e. The molecule has 3 rings (SSSR count). The van der Waals surface area contributed by atoms with Crippen LogP contribution in [0.5, 0.6) is 0 Å². The van der Waals surface area contributed by atoms with Gasteiger partial charge in [-0.1, -0.05) is 6.07 Å². The van der Waals surface area contributed by atoms with Crippen LogP contribution in [0.15, 0.2) is 47.4 Å². The van der Waals surface area contributed by atoms with Crippen LogP contribution in [0.3, 0.4) is 0 Å². The number of aliphatic hydroxyl groups excluding tert-OH is 1. The van der Waals surface area contributed by atoms with Gasteiger partial charge >= 0.3 is 6.18 Å². The number of halogens is 3. The van der Waals surface area contributed by atoms with Gasteiger partial charge in [0.25, 0.3) is 11.5 Å². The molecule has 1 amide bonds. The molecular weight excluding hydrogens is 361 g/mol. The Labute approximate surface area is 153 Å². The third-order valence-electron chi connectivity index (χ3n) is 4.66. The summed E-state index contributed by atoms with van der Waals surface area (Å²) in [5.41, 5.74) is -1.20. The summed E-state index contributed by atoms with van der Waals surface area (Å²) in [7, 11) is 0. The van der Waals surface area contributed by atoms with Gasteiger partial charge in [0.2, 0.25) is 0 Å². The molecule has 0 spiro atoms. The average molecular weight is 380 g/mol. The summed E-state index contributed by atoms with van der Waals surface area (Å²) in [6, 6.07) is 6.80. The number of hydrogen-bond donors (Lipinski definition) is 2. The molecule has 1 aliphatic rings. The molecule has 5 nitrogen and oxygen atoms in total. The number of pyridine rings is 1. The number of benzene rings is 1. The zero-order valence-corrected chi connectivity index (χ0v) is 14.4. The first-order valence-corrected chi connectivity index (χ1v) is 8.63. The minimum atomic E-state index is -4.53. The van der Waals surface area contributed by atoms with Gasteiger partial charge in [0.1, 0.15) is 0 Å². The van der Waals surface area contributed by atoms with E-state index in [1.54, 1.807) is 0 Å². The minimum Gasteiger partial charge on any atom is -0.393 e. The Bertz CT molecular complexity index is 884. The first-order valence-electron chi connectivity index (χ1n) is 8.63. The molecule has 8 heteroatoms. The summed E-state index contributed by atoms with van der Waals surface area (Å²) in [6.07, 6.45) is -1.12. The van der Waals surface area contributed by atoms with Crippen LogP contribution < -0.4 is 10.9 Å². The number of nitrogens with one attached hydrogen (secondary N) is 1. The number of rotatable bonds is 3. The van der Waals surface area contributed by atoms with Crippen molar-refractivity contribution < 1.29 is 23.1 Å². The second-order valence-electron chi connectivity index (χ2n) is 6.65. The Morgan fingerprint density at radius 1 is 1.11 bits per heavy atom. The largest absolute Gasteiger partial charge is 0.416 e. The summed E-state index contributed by atoms with van der Waals surface area (Å²) in [6.45, 7) is 0. The number of carbonyl (C=O) groups is 1. The van der Waals surface area contributed by atoms with Gasteiger partial charge in [-0.25, -0.2) is 0 Å². The van der Waals surface area contributed by atoms with Gasteiger partial charge in [-0.2, -0.15) is 13.2 Å². The van der Waals surface area contributed by atoms with E-state index >= 15 is 0 Å². The van der Waals surface area contributed by atoms with Crippen molar-refractivity contribution in [2.45, 2.75) is 44.0 Å². The van der Waals surface area contributed by atoms with Gasteiger partial charge in [-0.15, -0.1) is 0 Å². The van der Waals surface area contributed by atoms with E-state index in [2.05, 4.69) is 5.32 Å². The van der Waals surface area contributed by atoms with E-state index < -0.39 is 23.2 Å². The van der Waals surface area contributed by atoms with Crippen LogP contribution in [-0.2, 0) is 6.18 Å². The number of carbonyl (C=O) groups excluding carboxylic acids is 1. The molecule has 1 heterocycles. The smallest absolute Gasteiger partial charge is 0.393 e.